The van der Waals surface area contributed by atoms with Crippen LogP contribution in [0.5, 0.6) is 0 Å². The summed E-state index contributed by atoms with van der Waals surface area (Å²) < 4.78 is 0. The zero-order valence-corrected chi connectivity index (χ0v) is 12.4. The number of thiocarbonyl (C=S) groups is 1. The Morgan fingerprint density at radius 1 is 1.33 bits per heavy atom. The Hall–Kier alpha value is -0.840. The zero-order valence-electron chi connectivity index (χ0n) is 10.0. The summed E-state index contributed by atoms with van der Waals surface area (Å²) in [5.41, 5.74) is 6.14. The highest BCUT2D eigenvalue weighted by Crippen LogP contribution is 2.25. The molecular weight excluding hydrogens is 291 g/mol. The molecule has 1 rings (SSSR count). The molecule has 1 atom stereocenters. The van der Waals surface area contributed by atoms with E-state index < -0.39 is 5.92 Å². The van der Waals surface area contributed by atoms with Gasteiger partial charge in [-0.1, -0.05) is 49.3 Å². The number of nitrogens with two attached hydrogens (primary N) is 1. The largest absolute Gasteiger partial charge is 0.393 e. The summed E-state index contributed by atoms with van der Waals surface area (Å²) in [4.78, 5) is 12.2. The molecule has 0 radical (unpaired) electrons. The maximum atomic E-state index is 12.0. The molecule has 0 aliphatic rings. The fraction of sp³-hybridized carbons (Fsp3) is 0.333. The van der Waals surface area contributed by atoms with Crippen molar-refractivity contribution in [3.05, 3.63) is 28.2 Å². The smallest absolute Gasteiger partial charge is 0.234 e. The third-order valence-electron chi connectivity index (χ3n) is 2.44. The molecule has 0 heterocycles. The van der Waals surface area contributed by atoms with Crippen molar-refractivity contribution in [2.75, 3.05) is 5.32 Å². The van der Waals surface area contributed by atoms with Gasteiger partial charge in [0.05, 0.1) is 21.0 Å². The highest BCUT2D eigenvalue weighted by atomic mass is 35.5. The predicted molar refractivity (Wildman–Crippen MR) is 80.2 cm³/mol. The van der Waals surface area contributed by atoms with E-state index in [1.807, 2.05) is 13.8 Å². The molecular formula is C12H14Cl2N2OS. The van der Waals surface area contributed by atoms with Crippen molar-refractivity contribution in [3.63, 3.8) is 0 Å². The lowest BCUT2D eigenvalue weighted by atomic mass is 9.95. The van der Waals surface area contributed by atoms with Gasteiger partial charge in [-0.3, -0.25) is 4.79 Å². The van der Waals surface area contributed by atoms with Crippen LogP contribution in [0.1, 0.15) is 13.8 Å². The molecule has 1 aromatic carbocycles. The molecule has 3 nitrogen and oxygen atoms in total. The number of anilines is 1. The molecule has 1 unspecified atom stereocenters. The van der Waals surface area contributed by atoms with Crippen molar-refractivity contribution in [1.29, 1.82) is 0 Å². The van der Waals surface area contributed by atoms with Gasteiger partial charge in [-0.25, -0.2) is 0 Å². The van der Waals surface area contributed by atoms with E-state index in [2.05, 4.69) is 5.32 Å². The maximum absolute atomic E-state index is 12.0. The number of hydrogen-bond acceptors (Lipinski definition) is 2. The van der Waals surface area contributed by atoms with Gasteiger partial charge in [0.1, 0.15) is 0 Å². The molecule has 0 aromatic heterocycles. The Morgan fingerprint density at radius 3 is 2.39 bits per heavy atom. The molecule has 3 N–H and O–H groups in total. The van der Waals surface area contributed by atoms with E-state index in [1.165, 1.54) is 0 Å². The maximum Gasteiger partial charge on any atom is 0.234 e. The number of hydrogen-bond donors (Lipinski definition) is 2. The number of rotatable bonds is 4. The average Bonchev–Trinajstić information content (AvgIpc) is 2.22. The van der Waals surface area contributed by atoms with Crippen LogP contribution in [0.2, 0.25) is 10.0 Å². The Morgan fingerprint density at radius 2 is 1.94 bits per heavy atom. The first-order valence-corrected chi connectivity index (χ1v) is 6.54. The predicted octanol–water partition coefficient (Wildman–Crippen LogP) is 3.49. The quantitative estimate of drug-likeness (QED) is 0.837. The Balaban J connectivity index is 2.86. The standard InChI is InChI=1S/C12H14Cl2N2OS/c1-6(2)10(11(15)18)12(17)16-7-3-4-8(13)9(14)5-7/h3-6,10H,1-2H3,(H2,15,18)(H,16,17). The number of halogens is 2. The van der Waals surface area contributed by atoms with Crippen LogP contribution in [0.25, 0.3) is 0 Å². The summed E-state index contributed by atoms with van der Waals surface area (Å²) in [5, 5.41) is 3.54. The van der Waals surface area contributed by atoms with Gasteiger partial charge in [0.2, 0.25) is 5.91 Å². The molecule has 0 aliphatic carbocycles. The second kappa shape index (κ2) is 6.36. The first kappa shape index (κ1) is 15.2. The third kappa shape index (κ3) is 3.83. The second-order valence-corrected chi connectivity index (χ2v) is 5.53. The van der Waals surface area contributed by atoms with Crippen LogP contribution in [0.4, 0.5) is 5.69 Å². The Bertz CT molecular complexity index is 477. The molecule has 1 aromatic rings. The van der Waals surface area contributed by atoms with Gasteiger partial charge in [0.25, 0.3) is 0 Å². The van der Waals surface area contributed by atoms with E-state index in [4.69, 9.17) is 41.2 Å². The van der Waals surface area contributed by atoms with Crippen molar-refractivity contribution in [2.24, 2.45) is 17.6 Å². The van der Waals surface area contributed by atoms with Gasteiger partial charge in [0, 0.05) is 5.69 Å². The van der Waals surface area contributed by atoms with Crippen molar-refractivity contribution in [2.45, 2.75) is 13.8 Å². The molecule has 0 saturated heterocycles. The number of carbonyl (C=O) groups excluding carboxylic acids is 1. The monoisotopic (exact) mass is 304 g/mol. The molecule has 18 heavy (non-hydrogen) atoms. The van der Waals surface area contributed by atoms with Crippen LogP contribution in [-0.2, 0) is 4.79 Å². The normalized spacial score (nSPS) is 12.3. The summed E-state index contributed by atoms with van der Waals surface area (Å²) in [5.74, 6) is -0.712. The lowest BCUT2D eigenvalue weighted by Gasteiger charge is -2.18. The minimum atomic E-state index is -0.505. The van der Waals surface area contributed by atoms with Crippen LogP contribution in [0.3, 0.4) is 0 Å². The molecule has 0 fully saturated rings. The number of carbonyl (C=O) groups is 1. The van der Waals surface area contributed by atoms with Crippen LogP contribution < -0.4 is 11.1 Å². The lowest BCUT2D eigenvalue weighted by molar-refractivity contribution is -0.118. The second-order valence-electron chi connectivity index (χ2n) is 4.24. The summed E-state index contributed by atoms with van der Waals surface area (Å²) in [6.07, 6.45) is 0. The van der Waals surface area contributed by atoms with Crippen LogP contribution >= 0.6 is 35.4 Å². The van der Waals surface area contributed by atoms with Crippen LogP contribution in [-0.4, -0.2) is 10.9 Å². The minimum Gasteiger partial charge on any atom is -0.393 e. The fourth-order valence-corrected chi connectivity index (χ4v) is 2.23. The van der Waals surface area contributed by atoms with Gasteiger partial charge < -0.3 is 11.1 Å². The van der Waals surface area contributed by atoms with E-state index >= 15 is 0 Å². The summed E-state index contributed by atoms with van der Waals surface area (Å²) in [6.45, 7) is 3.77. The molecule has 0 aliphatic heterocycles. The van der Waals surface area contributed by atoms with Gasteiger partial charge in [-0.2, -0.15) is 0 Å². The first-order chi connectivity index (χ1) is 8.32. The molecule has 1 amide bonds. The van der Waals surface area contributed by atoms with Crippen molar-refractivity contribution in [3.8, 4) is 0 Å². The number of amides is 1. The van der Waals surface area contributed by atoms with Crippen LogP contribution in [0.15, 0.2) is 18.2 Å². The highest BCUT2D eigenvalue weighted by Gasteiger charge is 2.25. The van der Waals surface area contributed by atoms with E-state index in [-0.39, 0.29) is 16.8 Å². The number of nitrogens with one attached hydrogen (secondary N) is 1. The van der Waals surface area contributed by atoms with Gasteiger partial charge >= 0.3 is 0 Å². The van der Waals surface area contributed by atoms with E-state index in [0.717, 1.165) is 0 Å². The van der Waals surface area contributed by atoms with Crippen molar-refractivity contribution < 1.29 is 4.79 Å². The summed E-state index contributed by atoms with van der Waals surface area (Å²) in [6, 6.07) is 4.87. The summed E-state index contributed by atoms with van der Waals surface area (Å²) in [7, 11) is 0. The molecule has 0 saturated carbocycles. The van der Waals surface area contributed by atoms with E-state index in [1.54, 1.807) is 18.2 Å². The molecule has 98 valence electrons. The van der Waals surface area contributed by atoms with Crippen molar-refractivity contribution >= 4 is 52.0 Å². The van der Waals surface area contributed by atoms with Gasteiger partial charge in [0.15, 0.2) is 0 Å². The average molecular weight is 305 g/mol. The highest BCUT2D eigenvalue weighted by molar-refractivity contribution is 7.80. The Labute approximate surface area is 122 Å². The first-order valence-electron chi connectivity index (χ1n) is 5.38. The SMILES string of the molecule is CC(C)C(C(=O)Nc1ccc(Cl)c(Cl)c1)C(N)=S. The molecule has 6 heteroatoms. The van der Waals surface area contributed by atoms with Crippen LogP contribution in [0, 0.1) is 11.8 Å². The van der Waals surface area contributed by atoms with Crippen molar-refractivity contribution in [1.82, 2.24) is 0 Å². The Kier molecular flexibility index (Phi) is 5.38. The third-order valence-corrected chi connectivity index (χ3v) is 3.44. The number of benzene rings is 1. The molecule has 0 spiro atoms. The van der Waals surface area contributed by atoms with E-state index in [9.17, 15) is 4.79 Å². The lowest BCUT2D eigenvalue weighted by Crippen LogP contribution is -2.36. The fourth-order valence-electron chi connectivity index (χ4n) is 1.55. The summed E-state index contributed by atoms with van der Waals surface area (Å²) >= 11 is 16.6. The van der Waals surface area contributed by atoms with E-state index in [0.29, 0.717) is 15.7 Å². The zero-order chi connectivity index (χ0) is 13.9. The molecule has 0 bridgehead atoms. The topological polar surface area (TPSA) is 55.1 Å². The van der Waals surface area contributed by atoms with Gasteiger partial charge in [-0.15, -0.1) is 0 Å². The minimum absolute atomic E-state index is 0.0327. The van der Waals surface area contributed by atoms with Gasteiger partial charge in [-0.05, 0) is 24.1 Å².